The molecule has 0 saturated carbocycles. The first-order valence-corrected chi connectivity index (χ1v) is 57.7. The molecule has 4 aliphatic carbocycles. The fraction of sp³-hybridized carbons (Fsp3) is 0.404. The van der Waals surface area contributed by atoms with Crippen LogP contribution in [-0.2, 0) is 71.3 Å². The minimum Gasteiger partial charge on any atom is -0.778 e. The van der Waals surface area contributed by atoms with Crippen molar-refractivity contribution < 1.29 is 42.2 Å². The van der Waals surface area contributed by atoms with Gasteiger partial charge in [-0.2, -0.15) is 4.90 Å². The van der Waals surface area contributed by atoms with Crippen LogP contribution in [0.5, 0.6) is 0 Å². The number of aromatic nitrogens is 16. The summed E-state index contributed by atoms with van der Waals surface area (Å²) in [5, 5.41) is 5.15. The number of hydrogen-bond donors (Lipinski definition) is 8. The van der Waals surface area contributed by atoms with Crippen molar-refractivity contribution in [3.8, 4) is 0 Å². The van der Waals surface area contributed by atoms with Gasteiger partial charge in [0.25, 0.3) is 0 Å². The van der Waals surface area contributed by atoms with E-state index in [0.29, 0.717) is 42.7 Å². The largest absolute Gasteiger partial charge is 1.00 e. The number of nitrogens with two attached hydrogens (primary N) is 4. The molecule has 150 heavy (non-hydrogen) atoms. The number of piperidine rings is 4. The molecule has 5 radical (unpaired) electrons. The van der Waals surface area contributed by atoms with Gasteiger partial charge in [0.2, 0.25) is 23.1 Å². The molecule has 0 bridgehead atoms. The molecule has 0 amide bonds. The van der Waals surface area contributed by atoms with Gasteiger partial charge in [-0.15, -0.1) is 0 Å². The van der Waals surface area contributed by atoms with Crippen LogP contribution in [0, 0.1) is 28.8 Å². The van der Waals surface area contributed by atoms with E-state index < -0.39 is 33.0 Å². The van der Waals surface area contributed by atoms with Gasteiger partial charge in [0.1, 0.15) is 17.5 Å². The number of nitrogens with zero attached hydrogens (tertiary/aromatic N) is 19. The van der Waals surface area contributed by atoms with Crippen molar-refractivity contribution >= 4 is 241 Å². The van der Waals surface area contributed by atoms with E-state index in [1.807, 2.05) is 141 Å². The van der Waals surface area contributed by atoms with Crippen LogP contribution in [0.3, 0.4) is 0 Å². The van der Waals surface area contributed by atoms with Crippen molar-refractivity contribution in [1.82, 2.24) is 96.9 Å². The molecule has 12 N–H and O–H groups in total. The van der Waals surface area contributed by atoms with E-state index in [1.54, 1.807) is 47.6 Å². The summed E-state index contributed by atoms with van der Waals surface area (Å²) in [6, 6.07) is 35.9. The van der Waals surface area contributed by atoms with E-state index in [0.717, 1.165) is 209 Å². The zero-order valence-corrected chi connectivity index (χ0v) is 98.2. The molecule has 8 aliphatic rings. The first-order valence-electron chi connectivity index (χ1n) is 48.5. The molecule has 16 heterocycles. The zero-order chi connectivity index (χ0) is 104. The third-order valence-corrected chi connectivity index (χ3v) is 39.1. The number of benzene rings is 3. The molecule has 46 heteroatoms. The first-order chi connectivity index (χ1) is 70.3. The minimum atomic E-state index is -1.18. The van der Waals surface area contributed by atoms with Gasteiger partial charge in [-0.25, -0.2) is 81.6 Å². The Labute approximate surface area is 973 Å². The Morgan fingerprint density at radius 2 is 0.753 bits per heavy atom. The fourth-order valence-electron chi connectivity index (χ4n) is 20.8. The summed E-state index contributed by atoms with van der Waals surface area (Å²) in [7, 11) is 6.67. The molecule has 1 unspecified atom stereocenters. The second-order valence-electron chi connectivity index (χ2n) is 40.8. The van der Waals surface area contributed by atoms with Gasteiger partial charge in [-0.05, 0) is 288 Å². The van der Waals surface area contributed by atoms with Crippen molar-refractivity contribution in [2.24, 2.45) is 27.4 Å². The third-order valence-electron chi connectivity index (χ3n) is 28.6. The standard InChI is InChI=1S/C27H31ClN8OS2.C24H24ClN7S.C23H28IN5OS.C17H26N2OS.C6H3ClIN3.C5H5ClN2S.2CH4.B3.Na/c1-26(2,3)39(37)34-22-17-5-4-9-30-18(17)15-27(22)7-12-35(13-8-27)25-33-16-20(24-32-11-14-36(24)25)38-19-6-10-31-23(29)21(19)28;25-19-17(5-8-28-21(19)27)33-18-14-30-23(32-12-9-29-22(18)32)31-10-6-24(7-11-31)13-15-3-1-2-4-16(15)20(24)26;1-22(2,3)31(30)27-19-17-7-5-4-6-16(17)14-23(19)8-11-28(12-9-23)21-26-15-18(24)20-25-10-13-29(20)21;1-16(2,3)21(20)19-15-14-7-5-4-6-13(14)12-17(15)8-10-18-11-9-17;7-6-10-3-4(8)5-9-1-2-11(5)6;6-4-3(9)1-2-8-5(4)7;;;1-3-2;/h4-6,9-11,14,16,22,34H,7-8,12-13,15H2,1-3H3,(H2,29,31);1-5,8-9,12,14,20H,6-7,10-11,13,26H2,(H2,27,28);4-7,10,13,15,19,27H,8-9,11-12,14H2,1-3H3;4-7,15,18-19H,8-12H2,1-3H3;1-3H;1-2H,(H3,7,8,9);2*1H4;;/q;;;;;;;;;+1/p-1/t22-,39-;20-;19-,31?;15-,21-;;;;;;/m1111....../s1. The SMILES string of the molecule is C.C.CC(C)(C)S(=O)N[C@@H]1c2ccccc2CC12CCN(c1ncc(I)c3nccn13)CC2.CC(C)(C)[S@@](=O)N[C@@H]1c2ccccc2CC12CCNCC2.CC(C)(C)[S@@](=O)N[C@@H]1c2cccnc2CC12CCN(c1ncc(Sc3ccnc(N)c3Cl)c3nccn13)CC2.Clc1ncc(I)c2nccn12.Nc1nccc(Sc2cnc(N3CCC4(CC3)Cc3ccccc3[C@H]4N)n3ccnc23)c1Cl.Nc1nccc([S-])c1Cl.[B][B][B].[Na+]. The van der Waals surface area contributed by atoms with Crippen LogP contribution in [0.4, 0.5) is 35.3 Å². The Bertz CT molecular complexity index is 7270. The monoisotopic (exact) mass is 2440 g/mol. The number of halogens is 6. The number of rotatable bonds is 13. The van der Waals surface area contributed by atoms with Gasteiger partial charge in [-0.3, -0.25) is 22.6 Å². The predicted octanol–water partition coefficient (Wildman–Crippen LogP) is 16.5. The van der Waals surface area contributed by atoms with E-state index in [-0.39, 0.29) is 104 Å². The van der Waals surface area contributed by atoms with Crippen LogP contribution >= 0.6 is 115 Å². The first kappa shape index (κ1) is 118. The van der Waals surface area contributed by atoms with E-state index >= 15 is 0 Å². The number of hydrogen-bond acceptors (Lipinski definition) is 26. The average Bonchev–Trinajstić information content (AvgIpc) is 1.65. The molecule has 4 saturated heterocycles. The summed E-state index contributed by atoms with van der Waals surface area (Å²) in [5.41, 5.74) is 38.2. The number of imidazole rings is 4. The fourth-order valence-corrected chi connectivity index (χ4v) is 27.4. The zero-order valence-electron chi connectivity index (χ0n) is 84.0. The summed E-state index contributed by atoms with van der Waals surface area (Å²) in [6.45, 7) is 25.7. The van der Waals surface area contributed by atoms with Crippen LogP contribution in [0.2, 0.25) is 20.4 Å². The van der Waals surface area contributed by atoms with E-state index in [2.05, 4.69) is 222 Å². The molecular weight excluding hydrogens is 2320 g/mol. The second-order valence-corrected chi connectivity index (χ2v) is 53.2. The molecule has 7 atom stereocenters. The number of fused-ring (bicyclic) bond motifs is 8. The maximum absolute atomic E-state index is 13.2. The van der Waals surface area contributed by atoms with E-state index in [4.69, 9.17) is 102 Å². The maximum atomic E-state index is 13.2. The quantitative estimate of drug-likeness (QED) is 0.0230. The summed E-state index contributed by atoms with van der Waals surface area (Å²) < 4.78 is 58.5. The minimum absolute atomic E-state index is 0. The van der Waals surface area contributed by atoms with Crippen LogP contribution < -0.4 is 86.7 Å². The van der Waals surface area contributed by atoms with Crippen molar-refractivity contribution in [3.63, 3.8) is 0 Å². The summed E-state index contributed by atoms with van der Waals surface area (Å²) in [6.07, 6.45) is 41.3. The molecule has 3 aromatic carbocycles. The van der Waals surface area contributed by atoms with Crippen molar-refractivity contribution in [2.75, 3.05) is 84.3 Å². The summed E-state index contributed by atoms with van der Waals surface area (Å²) >= 11 is 36.3. The van der Waals surface area contributed by atoms with Gasteiger partial charge in [0, 0.05) is 182 Å². The summed E-state index contributed by atoms with van der Waals surface area (Å²) in [4.78, 5) is 63.7. The van der Waals surface area contributed by atoms with Crippen LogP contribution in [0.25, 0.3) is 22.6 Å². The van der Waals surface area contributed by atoms with Crippen LogP contribution in [-0.4, -0.2) is 179 Å². The molecule has 4 aliphatic heterocycles. The number of nitrogen functional groups attached to an aromatic ring is 3. The number of anilines is 6. The van der Waals surface area contributed by atoms with Crippen LogP contribution in [0.1, 0.15) is 197 Å². The Hall–Kier alpha value is -7.48. The van der Waals surface area contributed by atoms with Gasteiger partial charge in [0.15, 0.2) is 22.6 Å². The normalized spacial score (nSPS) is 18.8. The number of pyridine rings is 4. The Morgan fingerprint density at radius 3 is 1.17 bits per heavy atom. The van der Waals surface area contributed by atoms with Gasteiger partial charge in [-0.1, -0.05) is 158 Å². The van der Waals surface area contributed by atoms with Gasteiger partial charge >= 0.3 is 29.6 Å². The molecule has 15 aromatic rings. The molecular formula is C104H124B3Cl4I2N27NaO3S6. The topological polar surface area (TPSA) is 385 Å². The predicted molar refractivity (Wildman–Crippen MR) is 631 cm³/mol. The Balaban J connectivity index is 0.000000147. The molecule has 4 spiro atoms. The Kier molecular flexibility index (Phi) is 39.6. The average molecular weight is 2440 g/mol. The van der Waals surface area contributed by atoms with Crippen molar-refractivity contribution in [2.45, 2.75) is 217 Å². The Morgan fingerprint density at radius 1 is 0.413 bits per heavy atom. The van der Waals surface area contributed by atoms with Gasteiger partial charge < -0.3 is 55.6 Å². The van der Waals surface area contributed by atoms with Crippen molar-refractivity contribution in [3.05, 3.63) is 274 Å². The number of nitrogens with one attached hydrogen (secondary N) is 4. The van der Waals surface area contributed by atoms with E-state index in [9.17, 15) is 12.6 Å². The molecule has 12 aromatic heterocycles. The van der Waals surface area contributed by atoms with Crippen molar-refractivity contribution in [1.29, 1.82) is 0 Å². The van der Waals surface area contributed by atoms with Gasteiger partial charge in [0.05, 0.1) is 97.3 Å². The molecule has 23 rings (SSSR count). The molecule has 30 nitrogen and oxygen atoms in total. The second kappa shape index (κ2) is 50.4. The molecule has 781 valence electrons. The maximum Gasteiger partial charge on any atom is 1.00 e. The third kappa shape index (κ3) is 25.7. The smallest absolute Gasteiger partial charge is 0.778 e. The van der Waals surface area contributed by atoms with E-state index in [1.165, 1.54) is 68.7 Å². The van der Waals surface area contributed by atoms with Crippen LogP contribution in [0.15, 0.2) is 227 Å². The molecule has 4 fully saturated rings. The summed E-state index contributed by atoms with van der Waals surface area (Å²) in [5.74, 6) is 3.64.